The van der Waals surface area contributed by atoms with Crippen molar-refractivity contribution in [2.45, 2.75) is 13.0 Å². The normalized spacial score (nSPS) is 17.0. The molecule has 0 bridgehead atoms. The molecule has 1 aliphatic rings. The summed E-state index contributed by atoms with van der Waals surface area (Å²) in [6, 6.07) is 3.06. The van der Waals surface area contributed by atoms with E-state index in [2.05, 4.69) is 0 Å². The fourth-order valence-electron chi connectivity index (χ4n) is 2.38. The highest BCUT2D eigenvalue weighted by atomic mass is 19.1. The van der Waals surface area contributed by atoms with Crippen molar-refractivity contribution in [3.63, 3.8) is 0 Å². The zero-order chi connectivity index (χ0) is 16.3. The topological polar surface area (TPSA) is 75.9 Å². The molecular formula is C14H18FN3O4. The van der Waals surface area contributed by atoms with Gasteiger partial charge >= 0.3 is 5.69 Å². The SMILES string of the molecule is CC(C(=O)N(C)c1ccc([N+](=O)[O-])c(F)c1)N1CCOCC1. The number of amides is 1. The molecule has 1 aromatic rings. The summed E-state index contributed by atoms with van der Waals surface area (Å²) in [6.07, 6.45) is 0. The lowest BCUT2D eigenvalue weighted by molar-refractivity contribution is -0.387. The highest BCUT2D eigenvalue weighted by molar-refractivity contribution is 5.96. The largest absolute Gasteiger partial charge is 0.379 e. The Kier molecular flexibility index (Phi) is 5.04. The van der Waals surface area contributed by atoms with E-state index in [1.54, 1.807) is 6.92 Å². The van der Waals surface area contributed by atoms with E-state index in [1.165, 1.54) is 18.0 Å². The highest BCUT2D eigenvalue weighted by Gasteiger charge is 2.27. The van der Waals surface area contributed by atoms with Crippen LogP contribution in [0.2, 0.25) is 0 Å². The molecule has 1 fully saturated rings. The maximum absolute atomic E-state index is 13.7. The number of nitrogens with zero attached hydrogens (tertiary/aromatic N) is 3. The van der Waals surface area contributed by atoms with Gasteiger partial charge in [0.05, 0.1) is 24.2 Å². The van der Waals surface area contributed by atoms with Crippen molar-refractivity contribution >= 4 is 17.3 Å². The second-order valence-electron chi connectivity index (χ2n) is 5.11. The maximum atomic E-state index is 13.7. The van der Waals surface area contributed by atoms with E-state index in [1.807, 2.05) is 4.90 Å². The third kappa shape index (κ3) is 3.40. The van der Waals surface area contributed by atoms with Gasteiger partial charge in [-0.3, -0.25) is 19.8 Å². The Morgan fingerprint density at radius 1 is 1.45 bits per heavy atom. The monoisotopic (exact) mass is 311 g/mol. The Morgan fingerprint density at radius 3 is 2.64 bits per heavy atom. The van der Waals surface area contributed by atoms with E-state index in [0.29, 0.717) is 26.3 Å². The van der Waals surface area contributed by atoms with E-state index >= 15 is 0 Å². The number of hydrogen-bond acceptors (Lipinski definition) is 5. The predicted octanol–water partition coefficient (Wildman–Crippen LogP) is 1.42. The molecule has 1 aliphatic heterocycles. The Balaban J connectivity index is 2.12. The van der Waals surface area contributed by atoms with Crippen LogP contribution in [0, 0.1) is 15.9 Å². The summed E-state index contributed by atoms with van der Waals surface area (Å²) in [7, 11) is 1.53. The minimum Gasteiger partial charge on any atom is -0.379 e. The van der Waals surface area contributed by atoms with Gasteiger partial charge in [-0.15, -0.1) is 0 Å². The molecule has 0 aliphatic carbocycles. The molecule has 2 rings (SSSR count). The van der Waals surface area contributed by atoms with Crippen molar-refractivity contribution < 1.29 is 18.8 Å². The van der Waals surface area contributed by atoms with Crippen molar-refractivity contribution in [1.29, 1.82) is 0 Å². The third-order valence-corrected chi connectivity index (χ3v) is 3.80. The molecule has 1 unspecified atom stereocenters. The molecular weight excluding hydrogens is 293 g/mol. The summed E-state index contributed by atoms with van der Waals surface area (Å²) in [4.78, 5) is 25.6. The number of anilines is 1. The lowest BCUT2D eigenvalue weighted by atomic mass is 10.2. The molecule has 1 saturated heterocycles. The van der Waals surface area contributed by atoms with Gasteiger partial charge in [-0.05, 0) is 13.0 Å². The van der Waals surface area contributed by atoms with E-state index in [4.69, 9.17) is 4.74 Å². The molecule has 0 radical (unpaired) electrons. The Bertz CT molecular complexity index is 575. The smallest absolute Gasteiger partial charge is 0.304 e. The van der Waals surface area contributed by atoms with Crippen LogP contribution in [0.1, 0.15) is 6.92 Å². The zero-order valence-corrected chi connectivity index (χ0v) is 12.5. The van der Waals surface area contributed by atoms with Crippen LogP contribution in [-0.4, -0.2) is 55.1 Å². The van der Waals surface area contributed by atoms with E-state index in [0.717, 1.165) is 12.1 Å². The van der Waals surface area contributed by atoms with Gasteiger partial charge in [0.15, 0.2) is 0 Å². The summed E-state index contributed by atoms with van der Waals surface area (Å²) in [5.74, 6) is -1.16. The molecule has 0 N–H and O–H groups in total. The predicted molar refractivity (Wildman–Crippen MR) is 78.3 cm³/mol. The lowest BCUT2D eigenvalue weighted by Crippen LogP contribution is -2.50. The third-order valence-electron chi connectivity index (χ3n) is 3.80. The molecule has 22 heavy (non-hydrogen) atoms. The standard InChI is InChI=1S/C14H18FN3O4/c1-10(17-5-7-22-8-6-17)14(19)16(2)11-3-4-13(18(20)21)12(15)9-11/h3-4,9-10H,5-8H2,1-2H3. The van der Waals surface area contributed by atoms with Gasteiger partial charge in [0, 0.05) is 38.0 Å². The van der Waals surface area contributed by atoms with Gasteiger partial charge in [-0.2, -0.15) is 4.39 Å². The van der Waals surface area contributed by atoms with Gasteiger partial charge in [-0.25, -0.2) is 0 Å². The Hall–Kier alpha value is -2.06. The van der Waals surface area contributed by atoms with Crippen LogP contribution in [0.15, 0.2) is 18.2 Å². The van der Waals surface area contributed by atoms with Gasteiger partial charge in [-0.1, -0.05) is 0 Å². The number of benzene rings is 1. The molecule has 8 heteroatoms. The van der Waals surface area contributed by atoms with Crippen LogP contribution in [0.5, 0.6) is 0 Å². The average Bonchev–Trinajstić information content (AvgIpc) is 2.53. The van der Waals surface area contributed by atoms with Crippen LogP contribution < -0.4 is 4.90 Å². The summed E-state index contributed by atoms with van der Waals surface area (Å²) in [5, 5.41) is 10.6. The maximum Gasteiger partial charge on any atom is 0.304 e. The molecule has 0 spiro atoms. The van der Waals surface area contributed by atoms with Crippen LogP contribution in [0.3, 0.4) is 0 Å². The minimum absolute atomic E-state index is 0.199. The fraction of sp³-hybridized carbons (Fsp3) is 0.500. The highest BCUT2D eigenvalue weighted by Crippen LogP contribution is 2.23. The molecule has 1 atom stereocenters. The number of nitro groups is 1. The zero-order valence-electron chi connectivity index (χ0n) is 12.5. The molecule has 1 aromatic carbocycles. The lowest BCUT2D eigenvalue weighted by Gasteiger charge is -2.33. The van der Waals surface area contributed by atoms with Crippen molar-refractivity contribution in [2.24, 2.45) is 0 Å². The Labute approximate surface area is 127 Å². The molecule has 1 heterocycles. The summed E-state index contributed by atoms with van der Waals surface area (Å²) in [5.41, 5.74) is -0.320. The van der Waals surface area contributed by atoms with E-state index < -0.39 is 16.4 Å². The number of likely N-dealkylation sites (N-methyl/N-ethyl adjacent to an activating group) is 1. The molecule has 1 amide bonds. The van der Waals surface area contributed by atoms with E-state index in [-0.39, 0.29) is 17.6 Å². The number of nitro benzene ring substituents is 1. The first-order valence-electron chi connectivity index (χ1n) is 6.95. The Morgan fingerprint density at radius 2 is 2.09 bits per heavy atom. The van der Waals surface area contributed by atoms with Crippen molar-refractivity contribution in [1.82, 2.24) is 4.90 Å². The van der Waals surface area contributed by atoms with Crippen LogP contribution in [-0.2, 0) is 9.53 Å². The van der Waals surface area contributed by atoms with Gasteiger partial charge in [0.2, 0.25) is 11.7 Å². The molecule has 120 valence electrons. The van der Waals surface area contributed by atoms with Gasteiger partial charge in [0.25, 0.3) is 0 Å². The average molecular weight is 311 g/mol. The van der Waals surface area contributed by atoms with Crippen molar-refractivity contribution in [3.05, 3.63) is 34.1 Å². The van der Waals surface area contributed by atoms with Crippen LogP contribution in [0.25, 0.3) is 0 Å². The van der Waals surface area contributed by atoms with E-state index in [9.17, 15) is 19.3 Å². The molecule has 0 saturated carbocycles. The second-order valence-corrected chi connectivity index (χ2v) is 5.11. The fourth-order valence-corrected chi connectivity index (χ4v) is 2.38. The first-order chi connectivity index (χ1) is 10.4. The number of carbonyl (C=O) groups is 1. The number of hydrogen-bond donors (Lipinski definition) is 0. The first kappa shape index (κ1) is 16.3. The number of morpholine rings is 1. The minimum atomic E-state index is -0.957. The second kappa shape index (κ2) is 6.80. The quantitative estimate of drug-likeness (QED) is 0.621. The number of ether oxygens (including phenoxy) is 1. The van der Waals surface area contributed by atoms with Crippen molar-refractivity contribution in [3.8, 4) is 0 Å². The number of carbonyl (C=O) groups excluding carboxylic acids is 1. The van der Waals surface area contributed by atoms with Crippen molar-refractivity contribution in [2.75, 3.05) is 38.3 Å². The summed E-state index contributed by atoms with van der Waals surface area (Å²) >= 11 is 0. The number of halogens is 1. The number of rotatable bonds is 4. The summed E-state index contributed by atoms with van der Waals surface area (Å²) in [6.45, 7) is 4.26. The first-order valence-corrected chi connectivity index (χ1v) is 6.95. The molecule has 0 aromatic heterocycles. The van der Waals surface area contributed by atoms with Gasteiger partial charge in [0.1, 0.15) is 0 Å². The van der Waals surface area contributed by atoms with Crippen LogP contribution in [0.4, 0.5) is 15.8 Å². The van der Waals surface area contributed by atoms with Gasteiger partial charge < -0.3 is 9.64 Å². The molecule has 7 nitrogen and oxygen atoms in total. The van der Waals surface area contributed by atoms with Crippen LogP contribution >= 0.6 is 0 Å². The summed E-state index contributed by atoms with van der Waals surface area (Å²) < 4.78 is 18.9.